The molecule has 0 amide bonds. The first-order valence-corrected chi connectivity index (χ1v) is 7.41. The summed E-state index contributed by atoms with van der Waals surface area (Å²) in [5, 5.41) is 0.0298. The Morgan fingerprint density at radius 1 is 1.42 bits per heavy atom. The Labute approximate surface area is 117 Å². The molecule has 2 aromatic rings. The van der Waals surface area contributed by atoms with Crippen molar-refractivity contribution in [2.24, 2.45) is 5.92 Å². The summed E-state index contributed by atoms with van der Waals surface area (Å²) in [7, 11) is 0. The van der Waals surface area contributed by atoms with Crippen LogP contribution >= 0.6 is 11.6 Å². The number of nitrogens with zero attached hydrogens (tertiary/aromatic N) is 1. The second-order valence-electron chi connectivity index (χ2n) is 5.29. The minimum atomic E-state index is -0.290. The van der Waals surface area contributed by atoms with Gasteiger partial charge in [-0.2, -0.15) is 0 Å². The molecule has 1 aliphatic rings. The van der Waals surface area contributed by atoms with Crippen molar-refractivity contribution in [3.8, 4) is 0 Å². The van der Waals surface area contributed by atoms with E-state index in [4.69, 9.17) is 16.0 Å². The minimum Gasteiger partial charge on any atom is -0.408 e. The molecule has 4 heteroatoms. The molecule has 0 aliphatic heterocycles. The number of aryl methyl sites for hydroxylation is 1. The largest absolute Gasteiger partial charge is 0.419 e. The van der Waals surface area contributed by atoms with Gasteiger partial charge in [-0.05, 0) is 43.4 Å². The van der Waals surface area contributed by atoms with Crippen molar-refractivity contribution in [1.29, 1.82) is 0 Å². The average Bonchev–Trinajstić information content (AvgIpc) is 3.03. The lowest BCUT2D eigenvalue weighted by atomic mass is 9.97. The first kappa shape index (κ1) is 12.8. The normalized spacial score (nSPS) is 18.2. The molecule has 0 spiro atoms. The topological polar surface area (TPSA) is 35.1 Å². The summed E-state index contributed by atoms with van der Waals surface area (Å²) in [4.78, 5) is 11.7. The molecule has 3 nitrogen and oxygen atoms in total. The highest BCUT2D eigenvalue weighted by atomic mass is 35.5. The van der Waals surface area contributed by atoms with Gasteiger partial charge < -0.3 is 4.42 Å². The summed E-state index contributed by atoms with van der Waals surface area (Å²) in [6.07, 6.45) is 4.95. The number of benzene rings is 1. The smallest absolute Gasteiger partial charge is 0.408 e. The molecule has 1 fully saturated rings. The van der Waals surface area contributed by atoms with E-state index in [1.807, 2.05) is 25.1 Å². The number of fused-ring (bicyclic) bond motifs is 1. The van der Waals surface area contributed by atoms with Crippen LogP contribution in [0, 0.1) is 5.92 Å². The molecule has 1 heterocycles. The Bertz CT molecular complexity index is 637. The molecule has 1 saturated carbocycles. The highest BCUT2D eigenvalue weighted by molar-refractivity contribution is 6.21. The third-order valence-electron chi connectivity index (χ3n) is 4.14. The Kier molecular flexibility index (Phi) is 3.40. The van der Waals surface area contributed by atoms with E-state index in [2.05, 4.69) is 0 Å². The molecule has 1 aromatic heterocycles. The van der Waals surface area contributed by atoms with Crippen molar-refractivity contribution in [2.75, 3.05) is 0 Å². The van der Waals surface area contributed by atoms with Gasteiger partial charge in [0.1, 0.15) is 0 Å². The number of oxazole rings is 1. The zero-order chi connectivity index (χ0) is 13.4. The molecule has 0 N–H and O–H groups in total. The molecule has 3 rings (SSSR count). The van der Waals surface area contributed by atoms with Crippen LogP contribution in [0.5, 0.6) is 0 Å². The van der Waals surface area contributed by atoms with E-state index in [1.54, 1.807) is 4.57 Å². The van der Waals surface area contributed by atoms with E-state index in [1.165, 1.54) is 25.7 Å². The molecule has 102 valence electrons. The van der Waals surface area contributed by atoms with Gasteiger partial charge in [0.05, 0.1) is 10.9 Å². The summed E-state index contributed by atoms with van der Waals surface area (Å²) in [6, 6.07) is 5.90. The third-order valence-corrected chi connectivity index (χ3v) is 4.75. The fraction of sp³-hybridized carbons (Fsp3) is 0.533. The van der Waals surface area contributed by atoms with E-state index in [0.717, 1.165) is 11.1 Å². The van der Waals surface area contributed by atoms with Gasteiger partial charge in [0.25, 0.3) is 0 Å². The van der Waals surface area contributed by atoms with Gasteiger partial charge in [-0.3, -0.25) is 4.57 Å². The van der Waals surface area contributed by atoms with Crippen LogP contribution in [0.4, 0.5) is 0 Å². The molecule has 19 heavy (non-hydrogen) atoms. The standard InChI is InChI=1S/C15H18ClNO2/c1-2-17-12-8-7-11(9-13(12)19-15(17)18)14(16)10-5-3-4-6-10/h7-10,14H,2-6H2,1H3. The van der Waals surface area contributed by atoms with Gasteiger partial charge in [0, 0.05) is 6.54 Å². The van der Waals surface area contributed by atoms with Gasteiger partial charge >= 0.3 is 5.76 Å². The van der Waals surface area contributed by atoms with E-state index >= 15 is 0 Å². The molecule has 0 radical (unpaired) electrons. The van der Waals surface area contributed by atoms with Crippen LogP contribution in [0.1, 0.15) is 43.5 Å². The Balaban J connectivity index is 1.99. The molecule has 1 aliphatic carbocycles. The van der Waals surface area contributed by atoms with Crippen LogP contribution in [0.3, 0.4) is 0 Å². The molecule has 0 saturated heterocycles. The highest BCUT2D eigenvalue weighted by Crippen LogP contribution is 2.40. The van der Waals surface area contributed by atoms with Crippen molar-refractivity contribution in [2.45, 2.75) is 44.5 Å². The summed E-state index contributed by atoms with van der Waals surface area (Å²) >= 11 is 6.57. The summed E-state index contributed by atoms with van der Waals surface area (Å²) in [5.41, 5.74) is 2.57. The fourth-order valence-corrected chi connectivity index (χ4v) is 3.46. The minimum absolute atomic E-state index is 0.0298. The van der Waals surface area contributed by atoms with Crippen molar-refractivity contribution in [1.82, 2.24) is 4.57 Å². The summed E-state index contributed by atoms with van der Waals surface area (Å²) in [5.74, 6) is 0.265. The maximum atomic E-state index is 11.7. The van der Waals surface area contributed by atoms with E-state index in [9.17, 15) is 4.79 Å². The number of halogens is 1. The summed E-state index contributed by atoms with van der Waals surface area (Å²) in [6.45, 7) is 2.56. The van der Waals surface area contributed by atoms with Crippen LogP contribution in [0.2, 0.25) is 0 Å². The first-order chi connectivity index (χ1) is 9.20. The van der Waals surface area contributed by atoms with Crippen LogP contribution in [-0.4, -0.2) is 4.57 Å². The average molecular weight is 280 g/mol. The Morgan fingerprint density at radius 3 is 2.84 bits per heavy atom. The van der Waals surface area contributed by atoms with Gasteiger partial charge in [-0.1, -0.05) is 18.9 Å². The predicted molar refractivity (Wildman–Crippen MR) is 76.7 cm³/mol. The van der Waals surface area contributed by atoms with E-state index in [-0.39, 0.29) is 11.1 Å². The van der Waals surface area contributed by atoms with Gasteiger partial charge in [0.15, 0.2) is 5.58 Å². The van der Waals surface area contributed by atoms with Crippen LogP contribution in [-0.2, 0) is 6.54 Å². The lowest BCUT2D eigenvalue weighted by Gasteiger charge is -2.16. The van der Waals surface area contributed by atoms with Gasteiger partial charge in [-0.25, -0.2) is 4.79 Å². The van der Waals surface area contributed by atoms with Gasteiger partial charge in [-0.15, -0.1) is 11.6 Å². The third kappa shape index (κ3) is 2.20. The van der Waals surface area contributed by atoms with Crippen LogP contribution in [0.25, 0.3) is 11.1 Å². The van der Waals surface area contributed by atoms with Crippen molar-refractivity contribution in [3.63, 3.8) is 0 Å². The molecule has 1 unspecified atom stereocenters. The number of aromatic nitrogens is 1. The van der Waals surface area contributed by atoms with Gasteiger partial charge in [0.2, 0.25) is 0 Å². The Hall–Kier alpha value is -1.22. The molecule has 1 atom stereocenters. The fourth-order valence-electron chi connectivity index (χ4n) is 3.08. The monoisotopic (exact) mass is 279 g/mol. The van der Waals surface area contributed by atoms with Crippen molar-refractivity contribution < 1.29 is 4.42 Å². The maximum Gasteiger partial charge on any atom is 0.419 e. The zero-order valence-electron chi connectivity index (χ0n) is 11.1. The Morgan fingerprint density at radius 2 is 2.16 bits per heavy atom. The maximum absolute atomic E-state index is 11.7. The van der Waals surface area contributed by atoms with E-state index < -0.39 is 0 Å². The summed E-state index contributed by atoms with van der Waals surface area (Å²) < 4.78 is 6.93. The zero-order valence-corrected chi connectivity index (χ0v) is 11.8. The van der Waals surface area contributed by atoms with E-state index in [0.29, 0.717) is 18.0 Å². The number of hydrogen-bond donors (Lipinski definition) is 0. The van der Waals surface area contributed by atoms with Crippen LogP contribution in [0.15, 0.2) is 27.4 Å². The lowest BCUT2D eigenvalue weighted by Crippen LogP contribution is -2.11. The lowest BCUT2D eigenvalue weighted by molar-refractivity contribution is 0.511. The SMILES string of the molecule is CCn1c(=O)oc2cc(C(Cl)C3CCCC3)ccc21. The number of hydrogen-bond acceptors (Lipinski definition) is 2. The highest BCUT2D eigenvalue weighted by Gasteiger charge is 2.25. The second kappa shape index (κ2) is 5.04. The first-order valence-electron chi connectivity index (χ1n) is 6.98. The molecule has 0 bridgehead atoms. The second-order valence-corrected chi connectivity index (χ2v) is 5.76. The molecular weight excluding hydrogens is 262 g/mol. The molecule has 1 aromatic carbocycles. The number of rotatable bonds is 3. The predicted octanol–water partition coefficient (Wildman–Crippen LogP) is 4.08. The molecular formula is C15H18ClNO2. The van der Waals surface area contributed by atoms with Crippen molar-refractivity contribution >= 4 is 22.7 Å². The quantitative estimate of drug-likeness (QED) is 0.794. The van der Waals surface area contributed by atoms with Crippen LogP contribution < -0.4 is 5.76 Å². The number of alkyl halides is 1. The van der Waals surface area contributed by atoms with Crippen molar-refractivity contribution in [3.05, 3.63) is 34.3 Å².